The van der Waals surface area contributed by atoms with E-state index in [1.165, 1.54) is 6.08 Å². The third kappa shape index (κ3) is 8.26. The van der Waals surface area contributed by atoms with Gasteiger partial charge in [-0.05, 0) is 18.1 Å². The molecule has 0 aliphatic carbocycles. The first-order chi connectivity index (χ1) is 8.33. The molecule has 0 aromatic heterocycles. The molecule has 0 N–H and O–H groups in total. The van der Waals surface area contributed by atoms with Crippen LogP contribution in [0.5, 0.6) is 0 Å². The maximum atomic E-state index is 11.2. The van der Waals surface area contributed by atoms with Gasteiger partial charge in [-0.3, -0.25) is 0 Å². The number of unbranched alkanes of at least 4 members (excludes halogenated alkanes) is 1. The first-order valence-corrected chi connectivity index (χ1v) is 6.23. The van der Waals surface area contributed by atoms with Gasteiger partial charge >= 0.3 is 5.97 Å². The minimum atomic E-state index is -0.271. The molecule has 1 aromatic rings. The molecule has 0 spiro atoms. The summed E-state index contributed by atoms with van der Waals surface area (Å²) < 4.78 is 4.98. The second kappa shape index (κ2) is 10.9. The zero-order valence-electron chi connectivity index (χ0n) is 11.0. The van der Waals surface area contributed by atoms with E-state index in [-0.39, 0.29) is 5.97 Å². The van der Waals surface area contributed by atoms with Crippen molar-refractivity contribution < 1.29 is 9.53 Å². The lowest BCUT2D eigenvalue weighted by molar-refractivity contribution is -0.137. The molecule has 0 bridgehead atoms. The molecule has 2 nitrogen and oxygen atoms in total. The van der Waals surface area contributed by atoms with E-state index in [9.17, 15) is 4.79 Å². The van der Waals surface area contributed by atoms with E-state index in [0.717, 1.165) is 18.4 Å². The first kappa shape index (κ1) is 15.4. The number of carbonyl (C=O) groups is 1. The number of benzene rings is 1. The molecule has 0 saturated heterocycles. The number of carbonyl (C=O) groups excluding carboxylic acids is 1. The number of esters is 1. The Bertz CT molecular complexity index is 315. The summed E-state index contributed by atoms with van der Waals surface area (Å²) in [5.74, 6) is -0.271. The number of hydrogen-bond donors (Lipinski definition) is 0. The molecule has 0 heterocycles. The maximum absolute atomic E-state index is 11.2. The number of ether oxygens (including phenoxy) is 1. The van der Waals surface area contributed by atoms with Gasteiger partial charge in [0.1, 0.15) is 0 Å². The van der Waals surface area contributed by atoms with Crippen LogP contribution >= 0.6 is 0 Å². The zero-order valence-corrected chi connectivity index (χ0v) is 11.0. The molecule has 17 heavy (non-hydrogen) atoms. The van der Waals surface area contributed by atoms with E-state index in [0.29, 0.717) is 6.61 Å². The van der Waals surface area contributed by atoms with Crippen LogP contribution in [-0.2, 0) is 9.53 Å². The molecule has 1 aromatic carbocycles. The fourth-order valence-corrected chi connectivity index (χ4v) is 1.09. The SMILES string of the molecule is CC.CCCCOC(=O)/C=C/c1ccccc1. The molecular weight excluding hydrogens is 212 g/mol. The molecule has 1 rings (SSSR count). The van der Waals surface area contributed by atoms with Gasteiger partial charge in [-0.1, -0.05) is 57.5 Å². The van der Waals surface area contributed by atoms with Crippen LogP contribution in [0, 0.1) is 0 Å². The van der Waals surface area contributed by atoms with E-state index in [2.05, 4.69) is 6.92 Å². The molecule has 0 aliphatic heterocycles. The second-order valence-corrected chi connectivity index (χ2v) is 3.27. The molecule has 2 heteroatoms. The molecule has 0 amide bonds. The molecule has 94 valence electrons. The average Bonchev–Trinajstić information content (AvgIpc) is 2.40. The van der Waals surface area contributed by atoms with Crippen LogP contribution < -0.4 is 0 Å². The Hall–Kier alpha value is -1.57. The largest absolute Gasteiger partial charge is 0.463 e. The molecular formula is C15H22O2. The van der Waals surface area contributed by atoms with E-state index < -0.39 is 0 Å². The summed E-state index contributed by atoms with van der Waals surface area (Å²) in [6.45, 7) is 6.57. The standard InChI is InChI=1S/C13H16O2.C2H6/c1-2-3-11-15-13(14)10-9-12-7-5-4-6-8-12;1-2/h4-10H,2-3,11H2,1H3;1-2H3/b10-9+;. The smallest absolute Gasteiger partial charge is 0.330 e. The fraction of sp³-hybridized carbons (Fsp3) is 0.400. The summed E-state index contributed by atoms with van der Waals surface area (Å²) in [5, 5.41) is 0. The van der Waals surface area contributed by atoms with Gasteiger partial charge in [0.15, 0.2) is 0 Å². The van der Waals surface area contributed by atoms with Crippen LogP contribution in [0.25, 0.3) is 6.08 Å². The Morgan fingerprint density at radius 1 is 1.24 bits per heavy atom. The fourth-order valence-electron chi connectivity index (χ4n) is 1.09. The quantitative estimate of drug-likeness (QED) is 0.436. The third-order valence-corrected chi connectivity index (χ3v) is 1.95. The van der Waals surface area contributed by atoms with Crippen molar-refractivity contribution in [1.82, 2.24) is 0 Å². The highest BCUT2D eigenvalue weighted by Crippen LogP contribution is 2.01. The van der Waals surface area contributed by atoms with Crippen molar-refractivity contribution in [3.8, 4) is 0 Å². The molecule has 0 unspecified atom stereocenters. The summed E-state index contributed by atoms with van der Waals surface area (Å²) in [7, 11) is 0. The van der Waals surface area contributed by atoms with Crippen LogP contribution in [-0.4, -0.2) is 12.6 Å². The van der Waals surface area contributed by atoms with E-state index in [1.807, 2.05) is 44.2 Å². The van der Waals surface area contributed by atoms with Crippen molar-refractivity contribution in [3.63, 3.8) is 0 Å². The van der Waals surface area contributed by atoms with Crippen LogP contribution in [0.3, 0.4) is 0 Å². The van der Waals surface area contributed by atoms with Crippen molar-refractivity contribution in [2.75, 3.05) is 6.61 Å². The van der Waals surface area contributed by atoms with Crippen molar-refractivity contribution in [2.24, 2.45) is 0 Å². The summed E-state index contributed by atoms with van der Waals surface area (Å²) in [5.41, 5.74) is 1.00. The highest BCUT2D eigenvalue weighted by molar-refractivity contribution is 5.86. The lowest BCUT2D eigenvalue weighted by Crippen LogP contribution is -2.01. The van der Waals surface area contributed by atoms with Crippen LogP contribution in [0.4, 0.5) is 0 Å². The summed E-state index contributed by atoms with van der Waals surface area (Å²) >= 11 is 0. The van der Waals surface area contributed by atoms with Crippen molar-refractivity contribution in [3.05, 3.63) is 42.0 Å². The zero-order chi connectivity index (χ0) is 12.9. The maximum Gasteiger partial charge on any atom is 0.330 e. The molecule has 0 saturated carbocycles. The molecule has 0 radical (unpaired) electrons. The highest BCUT2D eigenvalue weighted by Gasteiger charge is 1.95. The van der Waals surface area contributed by atoms with Gasteiger partial charge in [0.25, 0.3) is 0 Å². The number of hydrogen-bond acceptors (Lipinski definition) is 2. The Labute approximate surface area is 104 Å². The Kier molecular flexibility index (Phi) is 9.92. The van der Waals surface area contributed by atoms with Crippen molar-refractivity contribution >= 4 is 12.0 Å². The molecule has 0 aliphatic rings. The van der Waals surface area contributed by atoms with Gasteiger partial charge in [0, 0.05) is 6.08 Å². The van der Waals surface area contributed by atoms with Gasteiger partial charge in [-0.25, -0.2) is 4.79 Å². The van der Waals surface area contributed by atoms with Gasteiger partial charge in [-0.2, -0.15) is 0 Å². The van der Waals surface area contributed by atoms with Crippen LogP contribution in [0.2, 0.25) is 0 Å². The lowest BCUT2D eigenvalue weighted by atomic mass is 10.2. The Balaban J connectivity index is 0.00000121. The van der Waals surface area contributed by atoms with Crippen LogP contribution in [0.15, 0.2) is 36.4 Å². The first-order valence-electron chi connectivity index (χ1n) is 6.23. The molecule has 0 fully saturated rings. The van der Waals surface area contributed by atoms with E-state index in [4.69, 9.17) is 4.74 Å². The summed E-state index contributed by atoms with van der Waals surface area (Å²) in [6, 6.07) is 9.69. The van der Waals surface area contributed by atoms with E-state index in [1.54, 1.807) is 6.08 Å². The van der Waals surface area contributed by atoms with Gasteiger partial charge < -0.3 is 4.74 Å². The monoisotopic (exact) mass is 234 g/mol. The van der Waals surface area contributed by atoms with Gasteiger partial charge in [0.2, 0.25) is 0 Å². The number of rotatable bonds is 5. The Morgan fingerprint density at radius 3 is 2.47 bits per heavy atom. The molecule has 0 atom stereocenters. The van der Waals surface area contributed by atoms with E-state index >= 15 is 0 Å². The second-order valence-electron chi connectivity index (χ2n) is 3.27. The predicted molar refractivity (Wildman–Crippen MR) is 72.7 cm³/mol. The van der Waals surface area contributed by atoms with Crippen molar-refractivity contribution in [2.45, 2.75) is 33.6 Å². The average molecular weight is 234 g/mol. The minimum Gasteiger partial charge on any atom is -0.463 e. The van der Waals surface area contributed by atoms with Gasteiger partial charge in [-0.15, -0.1) is 0 Å². The summed E-state index contributed by atoms with van der Waals surface area (Å²) in [6.07, 6.45) is 5.18. The Morgan fingerprint density at radius 2 is 1.88 bits per heavy atom. The van der Waals surface area contributed by atoms with Crippen LogP contribution in [0.1, 0.15) is 39.2 Å². The normalized spacial score (nSPS) is 9.59. The topological polar surface area (TPSA) is 26.3 Å². The van der Waals surface area contributed by atoms with Crippen molar-refractivity contribution in [1.29, 1.82) is 0 Å². The highest BCUT2D eigenvalue weighted by atomic mass is 16.5. The summed E-state index contributed by atoms with van der Waals surface area (Å²) in [4.78, 5) is 11.2. The lowest BCUT2D eigenvalue weighted by Gasteiger charge is -1.98. The third-order valence-electron chi connectivity index (χ3n) is 1.95. The van der Waals surface area contributed by atoms with Gasteiger partial charge in [0.05, 0.1) is 6.61 Å². The minimum absolute atomic E-state index is 0.271. The predicted octanol–water partition coefficient (Wildman–Crippen LogP) is 4.07.